The van der Waals surface area contributed by atoms with Gasteiger partial charge in [0.05, 0.1) is 0 Å². The molecule has 0 aromatic carbocycles. The second kappa shape index (κ2) is 9.69. The van der Waals surface area contributed by atoms with Gasteiger partial charge in [-0.15, -0.1) is 0 Å². The van der Waals surface area contributed by atoms with Gasteiger partial charge >= 0.3 is 0 Å². The molecule has 2 heteroatoms. The van der Waals surface area contributed by atoms with Gasteiger partial charge in [-0.25, -0.2) is 8.78 Å². The van der Waals surface area contributed by atoms with E-state index in [1.54, 1.807) is 0 Å². The van der Waals surface area contributed by atoms with Crippen molar-refractivity contribution in [3.8, 4) is 0 Å². The second-order valence-electron chi connectivity index (χ2n) is 3.26. The number of rotatable bonds is 8. The fourth-order valence-corrected chi connectivity index (χ4v) is 1.20. The average Bonchev–Trinajstić information content (AvgIpc) is 2.09. The third-order valence-electron chi connectivity index (χ3n) is 1.95. The number of unbranched alkanes of at least 4 members (excludes halogenated alkanes) is 4. The van der Waals surface area contributed by atoms with Crippen molar-refractivity contribution in [3.05, 3.63) is 12.2 Å². The molecule has 0 saturated heterocycles. The Morgan fingerprint density at radius 3 is 2.31 bits per heavy atom. The molecule has 0 aliphatic carbocycles. The minimum Gasteiger partial charge on any atom is -0.211 e. The van der Waals surface area contributed by atoms with Crippen LogP contribution >= 0.6 is 0 Å². The summed E-state index contributed by atoms with van der Waals surface area (Å²) >= 11 is 0. The van der Waals surface area contributed by atoms with Crippen LogP contribution < -0.4 is 0 Å². The van der Waals surface area contributed by atoms with Gasteiger partial charge < -0.3 is 0 Å². The van der Waals surface area contributed by atoms with Crippen LogP contribution in [0, 0.1) is 0 Å². The molecule has 0 heterocycles. The van der Waals surface area contributed by atoms with Crippen LogP contribution in [0.25, 0.3) is 0 Å². The Bertz CT molecular complexity index is 119. The average molecular weight is 190 g/mol. The number of hydrogen-bond donors (Lipinski definition) is 0. The Hall–Kier alpha value is -0.400. The van der Waals surface area contributed by atoms with Crippen molar-refractivity contribution in [2.24, 2.45) is 0 Å². The van der Waals surface area contributed by atoms with Crippen LogP contribution in [0.2, 0.25) is 0 Å². The SMILES string of the molecule is CC/C=C/CCCCCCC(F)F. The number of alkyl halides is 2. The standard InChI is InChI=1S/C11H20F2/c1-2-3-4-5-6-7-8-9-10-11(12)13/h3-4,11H,2,5-10H2,1H3/b4-3+. The van der Waals surface area contributed by atoms with Crippen LogP contribution in [-0.2, 0) is 0 Å². The zero-order chi connectivity index (χ0) is 9.94. The largest absolute Gasteiger partial charge is 0.238 e. The normalized spacial score (nSPS) is 11.7. The lowest BCUT2D eigenvalue weighted by Gasteiger charge is -1.98. The van der Waals surface area contributed by atoms with E-state index < -0.39 is 6.43 Å². The number of hydrogen-bond acceptors (Lipinski definition) is 0. The molecule has 0 bridgehead atoms. The highest BCUT2D eigenvalue weighted by Gasteiger charge is 2.00. The van der Waals surface area contributed by atoms with Crippen LogP contribution in [0.4, 0.5) is 8.78 Å². The minimum atomic E-state index is -2.11. The van der Waals surface area contributed by atoms with Crippen molar-refractivity contribution < 1.29 is 8.78 Å². The summed E-state index contributed by atoms with van der Waals surface area (Å²) in [6.07, 6.45) is 8.32. The Morgan fingerprint density at radius 1 is 1.00 bits per heavy atom. The predicted molar refractivity (Wildman–Crippen MR) is 53.1 cm³/mol. The lowest BCUT2D eigenvalue weighted by molar-refractivity contribution is 0.133. The molecule has 78 valence electrons. The third-order valence-corrected chi connectivity index (χ3v) is 1.95. The highest BCUT2D eigenvalue weighted by molar-refractivity contribution is 4.79. The summed E-state index contributed by atoms with van der Waals surface area (Å²) in [6.45, 7) is 2.11. The molecular weight excluding hydrogens is 170 g/mol. The summed E-state index contributed by atoms with van der Waals surface area (Å²) in [5.41, 5.74) is 0. The van der Waals surface area contributed by atoms with Crippen molar-refractivity contribution in [3.63, 3.8) is 0 Å². The highest BCUT2D eigenvalue weighted by Crippen LogP contribution is 2.10. The van der Waals surface area contributed by atoms with Gasteiger partial charge in [0.2, 0.25) is 6.43 Å². The molecule has 0 saturated carbocycles. The van der Waals surface area contributed by atoms with Crippen molar-refractivity contribution in [1.82, 2.24) is 0 Å². The van der Waals surface area contributed by atoms with E-state index in [0.717, 1.165) is 32.1 Å². The first kappa shape index (κ1) is 12.6. The molecule has 0 aliphatic heterocycles. The first-order valence-corrected chi connectivity index (χ1v) is 5.20. The zero-order valence-corrected chi connectivity index (χ0v) is 8.44. The third kappa shape index (κ3) is 11.6. The minimum absolute atomic E-state index is 0.0742. The van der Waals surface area contributed by atoms with E-state index in [9.17, 15) is 8.78 Å². The van der Waals surface area contributed by atoms with Crippen LogP contribution in [0.15, 0.2) is 12.2 Å². The van der Waals surface area contributed by atoms with Crippen LogP contribution in [0.3, 0.4) is 0 Å². The van der Waals surface area contributed by atoms with E-state index in [1.165, 1.54) is 0 Å². The smallest absolute Gasteiger partial charge is 0.211 e. The first-order chi connectivity index (χ1) is 6.27. The van der Waals surface area contributed by atoms with E-state index in [-0.39, 0.29) is 6.42 Å². The molecule has 0 rings (SSSR count). The van der Waals surface area contributed by atoms with Gasteiger partial charge in [-0.2, -0.15) is 0 Å². The van der Waals surface area contributed by atoms with Gasteiger partial charge in [-0.05, 0) is 25.7 Å². The Labute approximate surface area is 80.0 Å². The second-order valence-corrected chi connectivity index (χ2v) is 3.26. The number of allylic oxidation sites excluding steroid dienone is 2. The van der Waals surface area contributed by atoms with Gasteiger partial charge in [0.25, 0.3) is 0 Å². The molecule has 0 spiro atoms. The predicted octanol–water partition coefficient (Wildman–Crippen LogP) is 4.56. The molecule has 0 radical (unpaired) electrons. The fourth-order valence-electron chi connectivity index (χ4n) is 1.20. The van der Waals surface area contributed by atoms with E-state index in [0.29, 0.717) is 6.42 Å². The van der Waals surface area contributed by atoms with E-state index >= 15 is 0 Å². The molecule has 0 unspecified atom stereocenters. The summed E-state index contributed by atoms with van der Waals surface area (Å²) in [6, 6.07) is 0. The molecule has 0 atom stereocenters. The lowest BCUT2D eigenvalue weighted by Crippen LogP contribution is -1.89. The zero-order valence-electron chi connectivity index (χ0n) is 8.44. The topological polar surface area (TPSA) is 0 Å². The Morgan fingerprint density at radius 2 is 1.69 bits per heavy atom. The fraction of sp³-hybridized carbons (Fsp3) is 0.818. The summed E-state index contributed by atoms with van der Waals surface area (Å²) in [4.78, 5) is 0. The van der Waals surface area contributed by atoms with Gasteiger partial charge in [-0.1, -0.05) is 31.9 Å². The summed E-state index contributed by atoms with van der Waals surface area (Å²) in [5.74, 6) is 0. The van der Waals surface area contributed by atoms with Crippen LogP contribution in [0.1, 0.15) is 51.9 Å². The molecule has 0 aromatic rings. The van der Waals surface area contributed by atoms with Gasteiger partial charge in [0, 0.05) is 6.42 Å². The monoisotopic (exact) mass is 190 g/mol. The van der Waals surface area contributed by atoms with Crippen molar-refractivity contribution in [2.75, 3.05) is 0 Å². The van der Waals surface area contributed by atoms with Crippen molar-refractivity contribution in [2.45, 2.75) is 58.3 Å². The van der Waals surface area contributed by atoms with Gasteiger partial charge in [-0.3, -0.25) is 0 Å². The van der Waals surface area contributed by atoms with Crippen molar-refractivity contribution in [1.29, 1.82) is 0 Å². The summed E-state index contributed by atoms with van der Waals surface area (Å²) < 4.78 is 23.4. The molecule has 0 fully saturated rings. The number of halogens is 2. The summed E-state index contributed by atoms with van der Waals surface area (Å²) in [5, 5.41) is 0. The lowest BCUT2D eigenvalue weighted by atomic mass is 10.1. The summed E-state index contributed by atoms with van der Waals surface area (Å²) in [7, 11) is 0. The molecule has 0 N–H and O–H groups in total. The first-order valence-electron chi connectivity index (χ1n) is 5.20. The van der Waals surface area contributed by atoms with Crippen LogP contribution in [0.5, 0.6) is 0 Å². The van der Waals surface area contributed by atoms with Crippen LogP contribution in [-0.4, -0.2) is 6.43 Å². The quantitative estimate of drug-likeness (QED) is 0.389. The Balaban J connectivity index is 2.95. The maximum atomic E-state index is 11.7. The van der Waals surface area contributed by atoms with E-state index in [2.05, 4.69) is 19.1 Å². The van der Waals surface area contributed by atoms with E-state index in [4.69, 9.17) is 0 Å². The molecule has 0 aromatic heterocycles. The maximum absolute atomic E-state index is 11.7. The van der Waals surface area contributed by atoms with E-state index in [1.807, 2.05) is 0 Å². The van der Waals surface area contributed by atoms with Gasteiger partial charge in [0.15, 0.2) is 0 Å². The molecular formula is C11H20F2. The van der Waals surface area contributed by atoms with Crippen molar-refractivity contribution >= 4 is 0 Å². The molecule has 0 nitrogen and oxygen atoms in total. The molecule has 13 heavy (non-hydrogen) atoms. The maximum Gasteiger partial charge on any atom is 0.238 e. The highest BCUT2D eigenvalue weighted by atomic mass is 19.3. The molecule has 0 aliphatic rings. The Kier molecular flexibility index (Phi) is 9.39. The van der Waals surface area contributed by atoms with Gasteiger partial charge in [0.1, 0.15) is 0 Å². The molecule has 0 amide bonds.